The molecule has 0 spiro atoms. The number of phenolic OH excluding ortho intramolecular Hbond substituents is 1. The summed E-state index contributed by atoms with van der Waals surface area (Å²) < 4.78 is 13.2. The van der Waals surface area contributed by atoms with Crippen LogP contribution in [0.4, 0.5) is 15.8 Å². The van der Waals surface area contributed by atoms with E-state index >= 15 is 0 Å². The Balaban J connectivity index is 2.52. The average molecular weight is 256 g/mol. The van der Waals surface area contributed by atoms with Crippen molar-refractivity contribution in [3.8, 4) is 11.8 Å². The molecule has 0 aliphatic rings. The number of aromatic hydroxyl groups is 1. The Kier molecular flexibility index (Phi) is 3.67. The molecule has 4 heteroatoms. The van der Waals surface area contributed by atoms with E-state index < -0.39 is 5.82 Å². The van der Waals surface area contributed by atoms with Gasteiger partial charge in [-0.25, -0.2) is 4.39 Å². The average Bonchev–Trinajstić information content (AvgIpc) is 2.41. The predicted octanol–water partition coefficient (Wildman–Crippen LogP) is 3.56. The van der Waals surface area contributed by atoms with E-state index in [4.69, 9.17) is 5.26 Å². The normalized spacial score (nSPS) is 9.95. The number of rotatable bonds is 3. The van der Waals surface area contributed by atoms with Gasteiger partial charge in [-0.05, 0) is 37.3 Å². The van der Waals surface area contributed by atoms with E-state index in [0.29, 0.717) is 12.2 Å². The van der Waals surface area contributed by atoms with Gasteiger partial charge in [-0.3, -0.25) is 0 Å². The molecule has 0 amide bonds. The van der Waals surface area contributed by atoms with E-state index in [2.05, 4.69) is 0 Å². The van der Waals surface area contributed by atoms with Gasteiger partial charge < -0.3 is 10.0 Å². The van der Waals surface area contributed by atoms with Gasteiger partial charge >= 0.3 is 0 Å². The first kappa shape index (κ1) is 12.9. The van der Waals surface area contributed by atoms with Crippen LogP contribution in [0.25, 0.3) is 0 Å². The van der Waals surface area contributed by atoms with E-state index in [-0.39, 0.29) is 11.3 Å². The molecule has 0 fully saturated rings. The van der Waals surface area contributed by atoms with Crippen LogP contribution in [-0.2, 0) is 0 Å². The quantitative estimate of drug-likeness (QED) is 0.913. The fourth-order valence-corrected chi connectivity index (χ4v) is 1.99. The monoisotopic (exact) mass is 256 g/mol. The molecular weight excluding hydrogens is 243 g/mol. The smallest absolute Gasteiger partial charge is 0.124 e. The molecule has 96 valence electrons. The Morgan fingerprint density at radius 2 is 2.05 bits per heavy atom. The number of phenols is 1. The first-order valence-corrected chi connectivity index (χ1v) is 5.92. The minimum atomic E-state index is -0.438. The van der Waals surface area contributed by atoms with Gasteiger partial charge in [0, 0.05) is 18.3 Å². The maximum absolute atomic E-state index is 13.2. The summed E-state index contributed by atoms with van der Waals surface area (Å²) in [6, 6.07) is 12.8. The van der Waals surface area contributed by atoms with Gasteiger partial charge in [0.25, 0.3) is 0 Å². The third-order valence-corrected chi connectivity index (χ3v) is 2.83. The number of anilines is 2. The number of nitrogens with zero attached hydrogens (tertiary/aromatic N) is 2. The maximum atomic E-state index is 13.2. The lowest BCUT2D eigenvalue weighted by Gasteiger charge is -2.24. The zero-order chi connectivity index (χ0) is 13.8. The zero-order valence-corrected chi connectivity index (χ0v) is 10.5. The molecule has 0 saturated carbocycles. The summed E-state index contributed by atoms with van der Waals surface area (Å²) in [6.45, 7) is 2.53. The van der Waals surface area contributed by atoms with Gasteiger partial charge in [-0.2, -0.15) is 5.26 Å². The summed E-state index contributed by atoms with van der Waals surface area (Å²) in [5, 5.41) is 18.6. The molecule has 3 nitrogen and oxygen atoms in total. The highest BCUT2D eigenvalue weighted by Crippen LogP contribution is 2.30. The fraction of sp³-hybridized carbons (Fsp3) is 0.133. The largest absolute Gasteiger partial charge is 0.508 e. The Morgan fingerprint density at radius 1 is 1.26 bits per heavy atom. The van der Waals surface area contributed by atoms with Crippen molar-refractivity contribution in [2.45, 2.75) is 6.92 Å². The number of benzene rings is 2. The molecule has 2 rings (SSSR count). The SMILES string of the molecule is CCN(c1cccc(O)c1)c1ccc(F)cc1C#N. The predicted molar refractivity (Wildman–Crippen MR) is 71.9 cm³/mol. The molecule has 0 unspecified atom stereocenters. The van der Waals surface area contributed by atoms with Crippen molar-refractivity contribution in [1.82, 2.24) is 0 Å². The Labute approximate surface area is 111 Å². The van der Waals surface area contributed by atoms with E-state index in [1.807, 2.05) is 24.0 Å². The fourth-order valence-electron chi connectivity index (χ4n) is 1.99. The van der Waals surface area contributed by atoms with Crippen molar-refractivity contribution in [1.29, 1.82) is 5.26 Å². The van der Waals surface area contributed by atoms with Crippen LogP contribution in [0.15, 0.2) is 42.5 Å². The van der Waals surface area contributed by atoms with Gasteiger partial charge in [-0.1, -0.05) is 6.07 Å². The highest BCUT2D eigenvalue weighted by Gasteiger charge is 2.13. The van der Waals surface area contributed by atoms with Crippen LogP contribution in [0.5, 0.6) is 5.75 Å². The standard InChI is InChI=1S/C15H13FN2O/c1-2-18(13-4-3-5-14(19)9-13)15-7-6-12(16)8-11(15)10-17/h3-9,19H,2H2,1H3. The van der Waals surface area contributed by atoms with Gasteiger partial charge in [-0.15, -0.1) is 0 Å². The lowest BCUT2D eigenvalue weighted by atomic mass is 10.1. The number of nitriles is 1. The molecule has 0 heterocycles. The number of hydrogen-bond acceptors (Lipinski definition) is 3. The minimum absolute atomic E-state index is 0.150. The Hall–Kier alpha value is -2.54. The van der Waals surface area contributed by atoms with Crippen molar-refractivity contribution in [2.24, 2.45) is 0 Å². The highest BCUT2D eigenvalue weighted by molar-refractivity contribution is 5.70. The summed E-state index contributed by atoms with van der Waals surface area (Å²) in [6.07, 6.45) is 0. The van der Waals surface area contributed by atoms with Crippen LogP contribution < -0.4 is 4.90 Å². The van der Waals surface area contributed by atoms with Crippen molar-refractivity contribution >= 4 is 11.4 Å². The zero-order valence-electron chi connectivity index (χ0n) is 10.5. The lowest BCUT2D eigenvalue weighted by Crippen LogP contribution is -2.17. The second kappa shape index (κ2) is 5.40. The van der Waals surface area contributed by atoms with Crippen molar-refractivity contribution < 1.29 is 9.50 Å². The Morgan fingerprint density at radius 3 is 2.68 bits per heavy atom. The van der Waals surface area contributed by atoms with Gasteiger partial charge in [0.05, 0.1) is 11.3 Å². The molecule has 0 atom stereocenters. The third kappa shape index (κ3) is 2.66. The van der Waals surface area contributed by atoms with Crippen LogP contribution in [-0.4, -0.2) is 11.7 Å². The first-order chi connectivity index (χ1) is 9.15. The number of halogens is 1. The molecule has 2 aromatic carbocycles. The second-order valence-corrected chi connectivity index (χ2v) is 4.04. The molecule has 19 heavy (non-hydrogen) atoms. The van der Waals surface area contributed by atoms with Crippen molar-refractivity contribution in [3.63, 3.8) is 0 Å². The molecule has 0 bridgehead atoms. The van der Waals surface area contributed by atoms with Crippen LogP contribution in [0.1, 0.15) is 12.5 Å². The van der Waals surface area contributed by atoms with E-state index in [1.54, 1.807) is 24.3 Å². The molecule has 0 aliphatic heterocycles. The molecule has 0 aromatic heterocycles. The van der Waals surface area contributed by atoms with Crippen LogP contribution >= 0.6 is 0 Å². The van der Waals surface area contributed by atoms with E-state index in [0.717, 1.165) is 5.69 Å². The summed E-state index contributed by atoms with van der Waals surface area (Å²) in [5.41, 5.74) is 1.65. The van der Waals surface area contributed by atoms with Crippen molar-refractivity contribution in [3.05, 3.63) is 53.8 Å². The summed E-state index contributed by atoms with van der Waals surface area (Å²) in [5.74, 6) is -0.288. The molecule has 0 radical (unpaired) electrons. The van der Waals surface area contributed by atoms with Crippen LogP contribution in [0.2, 0.25) is 0 Å². The van der Waals surface area contributed by atoms with E-state index in [1.165, 1.54) is 12.1 Å². The molecule has 0 saturated heterocycles. The van der Waals surface area contributed by atoms with E-state index in [9.17, 15) is 9.50 Å². The van der Waals surface area contributed by atoms with Gasteiger partial charge in [0.15, 0.2) is 0 Å². The molecule has 1 N–H and O–H groups in total. The van der Waals surface area contributed by atoms with Crippen LogP contribution in [0.3, 0.4) is 0 Å². The van der Waals surface area contributed by atoms with Gasteiger partial charge in [0.1, 0.15) is 17.6 Å². The van der Waals surface area contributed by atoms with Gasteiger partial charge in [0.2, 0.25) is 0 Å². The molecule has 0 aliphatic carbocycles. The molecule has 2 aromatic rings. The first-order valence-electron chi connectivity index (χ1n) is 5.92. The summed E-state index contributed by atoms with van der Waals surface area (Å²) in [4.78, 5) is 1.84. The molecular formula is C15H13FN2O. The maximum Gasteiger partial charge on any atom is 0.124 e. The minimum Gasteiger partial charge on any atom is -0.508 e. The summed E-state index contributed by atoms with van der Waals surface area (Å²) >= 11 is 0. The van der Waals surface area contributed by atoms with Crippen molar-refractivity contribution in [2.75, 3.05) is 11.4 Å². The third-order valence-electron chi connectivity index (χ3n) is 2.83. The summed E-state index contributed by atoms with van der Waals surface area (Å²) in [7, 11) is 0. The van der Waals surface area contributed by atoms with Crippen LogP contribution in [0, 0.1) is 17.1 Å². The lowest BCUT2D eigenvalue weighted by molar-refractivity contribution is 0.475. The second-order valence-electron chi connectivity index (χ2n) is 4.04. The topological polar surface area (TPSA) is 47.3 Å². The number of hydrogen-bond donors (Lipinski definition) is 1. The highest BCUT2D eigenvalue weighted by atomic mass is 19.1. The Bertz CT molecular complexity index is 634.